The number of nitrogens with two attached hydrogens (primary N) is 1. The summed E-state index contributed by atoms with van der Waals surface area (Å²) in [6, 6.07) is 0. The Morgan fingerprint density at radius 2 is 1.14 bits per heavy atom. The number of esters is 3. The van der Waals surface area contributed by atoms with Gasteiger partial charge in [-0.3, -0.25) is 19.2 Å². The maximum Gasteiger partial charge on any atom is 0.317 e. The SMILES string of the molecule is CC[C@H](C)[C@H](C[C@H](O)CC(=O)OC1CC(O)OC(OC(=O)[C@]23CCC(C)(C)CC2C2=CCC4[C@@]5(C)CC[C@H](OC6OC(C(=O)NCCN)C(O)C(OC7OCC(O)C(O)C7O)C6OC6OC(CO)C(O)C(O)C6O)[C@@](C)(C=O)C5CC[C@@]4(C)[C@]2(C)C[C@H]3O)C1OC1OC(C)C(OC2OCC(O)C(OC)C2O)C(O)C1O)OC(=O)C[C@@H](O)C[C@H](OC1OC(CO)C(O)C1O)[C@@H](C)CC. The van der Waals surface area contributed by atoms with Crippen molar-refractivity contribution in [2.24, 2.45) is 67.8 Å². The highest BCUT2D eigenvalue weighted by molar-refractivity contribution is 5.82. The Labute approximate surface area is 766 Å². The highest BCUT2D eigenvalue weighted by Gasteiger charge is 2.73. The smallest absolute Gasteiger partial charge is 0.317 e. The van der Waals surface area contributed by atoms with Gasteiger partial charge in [-0.25, -0.2) is 0 Å². The second kappa shape index (κ2) is 43.6. The molecule has 758 valence electrons. The van der Waals surface area contributed by atoms with Crippen LogP contribution >= 0.6 is 0 Å². The molecule has 4 saturated carbocycles. The lowest BCUT2D eigenvalue weighted by Gasteiger charge is -2.71. The number of aldehydes is 1. The fourth-order valence-corrected chi connectivity index (χ4v) is 23.3. The number of amides is 1. The molecule has 7 saturated heterocycles. The summed E-state index contributed by atoms with van der Waals surface area (Å²) in [6.45, 7) is 18.2. The van der Waals surface area contributed by atoms with E-state index < -0.39 is 340 Å². The number of carbonyl (C=O) groups is 5. The van der Waals surface area contributed by atoms with Crippen LogP contribution in [-0.4, -0.2) is 401 Å². The number of ether oxygens (including phenoxy) is 17. The van der Waals surface area contributed by atoms with Crippen LogP contribution in [0.15, 0.2) is 11.6 Å². The molecule has 7 aliphatic heterocycles. The molecule has 7 heterocycles. The molecule has 0 radical (unpaired) electrons. The summed E-state index contributed by atoms with van der Waals surface area (Å²) in [5, 5.41) is 216. The Kier molecular flexibility index (Phi) is 35.3. The first kappa shape index (κ1) is 107. The molecule has 43 nitrogen and oxygen atoms in total. The van der Waals surface area contributed by atoms with E-state index >= 15 is 4.79 Å². The first-order chi connectivity index (χ1) is 62.2. The fourth-order valence-electron chi connectivity index (χ4n) is 23.3. The number of aliphatic hydroxyl groups is 19. The number of methoxy groups -OCH3 is 1. The van der Waals surface area contributed by atoms with E-state index in [1.165, 1.54) is 14.0 Å². The Morgan fingerprint density at radius 3 is 1.79 bits per heavy atom. The van der Waals surface area contributed by atoms with Crippen molar-refractivity contribution in [2.75, 3.05) is 46.6 Å². The van der Waals surface area contributed by atoms with Crippen molar-refractivity contribution in [3.8, 4) is 0 Å². The predicted octanol–water partition coefficient (Wildman–Crippen LogP) is -4.55. The van der Waals surface area contributed by atoms with Gasteiger partial charge in [0.15, 0.2) is 56.2 Å². The number of aliphatic hydroxyl groups excluding tert-OH is 19. The third-order valence-electron chi connectivity index (χ3n) is 31.8. The lowest BCUT2D eigenvalue weighted by molar-refractivity contribution is -0.391. The van der Waals surface area contributed by atoms with Crippen LogP contribution in [0.4, 0.5) is 0 Å². The second-order valence-corrected chi connectivity index (χ2v) is 40.6. The monoisotopic (exact) mass is 1900 g/mol. The summed E-state index contributed by atoms with van der Waals surface area (Å²) in [7, 11) is 1.25. The molecule has 43 heteroatoms. The first-order valence-electron chi connectivity index (χ1n) is 46.7. The van der Waals surface area contributed by atoms with Gasteiger partial charge in [0, 0.05) is 39.5 Å². The van der Waals surface area contributed by atoms with Crippen molar-refractivity contribution < 1.29 is 202 Å². The normalized spacial score (nSPS) is 47.0. The minimum atomic E-state index is -2.10. The van der Waals surface area contributed by atoms with Gasteiger partial charge in [-0.15, -0.1) is 0 Å². The van der Waals surface area contributed by atoms with Crippen LogP contribution in [0.5, 0.6) is 0 Å². The number of allylic oxidation sites excluding steroid dienone is 2. The molecule has 0 aromatic rings. The van der Waals surface area contributed by atoms with Crippen LogP contribution in [0.1, 0.15) is 179 Å². The summed E-state index contributed by atoms with van der Waals surface area (Å²) in [6.07, 6.45) is -58.0. The topological polar surface area (TPSA) is 665 Å². The third-order valence-corrected chi connectivity index (χ3v) is 31.8. The van der Waals surface area contributed by atoms with Gasteiger partial charge in [-0.1, -0.05) is 93.7 Å². The summed E-state index contributed by atoms with van der Waals surface area (Å²) in [4.78, 5) is 73.3. The van der Waals surface area contributed by atoms with Gasteiger partial charge in [0.25, 0.3) is 5.91 Å². The van der Waals surface area contributed by atoms with Gasteiger partial charge < -0.3 is 193 Å². The molecule has 12 rings (SSSR count). The number of hydrogen-bond donors (Lipinski definition) is 21. The van der Waals surface area contributed by atoms with E-state index in [1.54, 1.807) is 20.8 Å². The van der Waals surface area contributed by atoms with E-state index in [-0.39, 0.29) is 63.6 Å². The number of hydrogen-bond acceptors (Lipinski definition) is 42. The molecule has 5 aliphatic carbocycles. The predicted molar refractivity (Wildman–Crippen MR) is 446 cm³/mol. The number of fused-ring (bicyclic) bond motifs is 7. The molecule has 47 atom stereocenters. The van der Waals surface area contributed by atoms with E-state index in [0.29, 0.717) is 51.4 Å². The summed E-state index contributed by atoms with van der Waals surface area (Å²) in [5.74, 6) is -6.28. The molecule has 34 unspecified atom stereocenters. The van der Waals surface area contributed by atoms with E-state index in [1.807, 2.05) is 27.7 Å². The summed E-state index contributed by atoms with van der Waals surface area (Å²) >= 11 is 0. The molecule has 11 fully saturated rings. The van der Waals surface area contributed by atoms with E-state index in [2.05, 4.69) is 32.2 Å². The summed E-state index contributed by atoms with van der Waals surface area (Å²) in [5.41, 5.74) is 0.441. The zero-order chi connectivity index (χ0) is 96.8. The molecular weight excluding hydrogens is 1750 g/mol. The lowest BCUT2D eigenvalue weighted by Crippen LogP contribution is -2.70. The number of nitrogens with one attached hydrogen (secondary N) is 1. The highest BCUT2D eigenvalue weighted by atomic mass is 16.8. The van der Waals surface area contributed by atoms with Crippen LogP contribution < -0.4 is 11.1 Å². The van der Waals surface area contributed by atoms with Gasteiger partial charge >= 0.3 is 17.9 Å². The highest BCUT2D eigenvalue weighted by Crippen LogP contribution is 2.76. The maximum absolute atomic E-state index is 16.3. The zero-order valence-electron chi connectivity index (χ0n) is 77.0. The molecular formula is C89H146N2O41. The molecule has 0 aromatic carbocycles. The van der Waals surface area contributed by atoms with Crippen molar-refractivity contribution in [1.29, 1.82) is 0 Å². The molecule has 1 amide bonds. The number of rotatable bonds is 35. The minimum absolute atomic E-state index is 0.0313. The average molecular weight is 1900 g/mol. The Balaban J connectivity index is 0.803. The van der Waals surface area contributed by atoms with Crippen LogP contribution in [-0.2, 0) is 104 Å². The van der Waals surface area contributed by atoms with Gasteiger partial charge in [-0.05, 0) is 116 Å². The molecule has 22 N–H and O–H groups in total. The Bertz CT molecular complexity index is 3840. The number of carbonyl (C=O) groups excluding carboxylic acids is 5. The largest absolute Gasteiger partial charge is 0.462 e. The van der Waals surface area contributed by atoms with E-state index in [4.69, 9.17) is 86.3 Å². The molecule has 132 heavy (non-hydrogen) atoms. The van der Waals surface area contributed by atoms with E-state index in [0.717, 1.165) is 11.9 Å². The average Bonchev–Trinajstić information content (AvgIpc) is 0.668. The van der Waals surface area contributed by atoms with Crippen LogP contribution in [0, 0.1) is 62.1 Å². The third kappa shape index (κ3) is 21.3. The molecule has 0 bridgehead atoms. The van der Waals surface area contributed by atoms with Gasteiger partial charge in [-0.2, -0.15) is 0 Å². The van der Waals surface area contributed by atoms with Crippen molar-refractivity contribution in [3.05, 3.63) is 11.6 Å². The molecule has 12 aliphatic rings. The zero-order valence-corrected chi connectivity index (χ0v) is 77.0. The Morgan fingerprint density at radius 1 is 0.568 bits per heavy atom. The lowest BCUT2D eigenvalue weighted by atomic mass is 9.33. The maximum atomic E-state index is 16.3. The standard InChI is InChI=1S/C89H146N2O41/c1-13-37(3)46(120-55(100)27-41(96)26-47(38(4)14-2)122-79-64(109)60(105)50(33-93)123-79)25-40(95)28-56(101)121-48-29-57(102)126-81(71(48)128-78-66(111)62(107)69(39(5)119-78)127-77-68(113)70(116-12)45(98)35-118-77)132-83(115)89-22-21-84(6,7)30-43(89)42-15-16-52-85(8)19-18-54(86(9,36-94)51(85)17-20-87(52,10)88(42,11)31-53(89)99)125-82-74(131-80-65(110)61(106)59(104)49(32-92)124-80)72(67(112)73(130-82)75(114)91-24-23-90)129-76-63(108)58(103)44(97)34-117-76/h15,36-41,43-54,57-74,76-82,92-93,95-99,102-113H,13-14,16-35,90H2,1-12H3,(H,91,114)/t37-,38-,39?,40-,41-,43?,44?,45?,46-,47-,48?,49?,50?,51?,52?,53+,54-,57?,58?,59?,60?,61?,62?,63?,64?,65?,66?,67?,68?,69?,70?,71?,72?,73?,74?,76?,77?,78?,79?,80?,81?,82?,85-,86-,87+,88+,89+/m0/s1. The van der Waals surface area contributed by atoms with Crippen molar-refractivity contribution >= 4 is 30.1 Å². The van der Waals surface area contributed by atoms with E-state index in [9.17, 15) is 116 Å². The summed E-state index contributed by atoms with van der Waals surface area (Å²) < 4.78 is 103. The first-order valence-corrected chi connectivity index (χ1v) is 46.7. The van der Waals surface area contributed by atoms with Crippen molar-refractivity contribution in [1.82, 2.24) is 5.32 Å². The van der Waals surface area contributed by atoms with Crippen molar-refractivity contribution in [2.45, 2.75) is 406 Å². The second-order valence-electron chi connectivity index (χ2n) is 40.6. The van der Waals surface area contributed by atoms with Crippen LogP contribution in [0.3, 0.4) is 0 Å². The van der Waals surface area contributed by atoms with Crippen LogP contribution in [0.2, 0.25) is 0 Å². The van der Waals surface area contributed by atoms with Gasteiger partial charge in [0.2, 0.25) is 6.29 Å². The molecule has 0 aromatic heterocycles. The Hall–Kier alpha value is -4.07. The quantitative estimate of drug-likeness (QED) is 0.00934. The molecule has 0 spiro atoms. The van der Waals surface area contributed by atoms with Crippen molar-refractivity contribution in [3.63, 3.8) is 0 Å². The van der Waals surface area contributed by atoms with Gasteiger partial charge in [0.1, 0.15) is 140 Å². The van der Waals surface area contributed by atoms with Gasteiger partial charge in [0.05, 0.1) is 81.3 Å². The minimum Gasteiger partial charge on any atom is -0.462 e. The fraction of sp³-hybridized carbons (Fsp3) is 0.921. The van der Waals surface area contributed by atoms with Crippen LogP contribution in [0.25, 0.3) is 0 Å².